The molecule has 0 amide bonds. The molecule has 1 aliphatic rings. The third-order valence-electron chi connectivity index (χ3n) is 10.5. The molecule has 244 valence electrons. The van der Waals surface area contributed by atoms with Gasteiger partial charge in [0.25, 0.3) is 0 Å². The highest BCUT2D eigenvalue weighted by Crippen LogP contribution is 2.46. The summed E-state index contributed by atoms with van der Waals surface area (Å²) in [5.41, 5.74) is 12.7. The van der Waals surface area contributed by atoms with Gasteiger partial charge in [0, 0.05) is 33.9 Å². The van der Waals surface area contributed by atoms with Gasteiger partial charge < -0.3 is 9.47 Å². The zero-order valence-electron chi connectivity index (χ0n) is 28.6. The molecule has 0 N–H and O–H groups in total. The number of nitrogens with zero attached hydrogens (tertiary/aromatic N) is 2. The fraction of sp³-hybridized carbons (Fsp3) is 0. The Morgan fingerprint density at radius 1 is 0.404 bits per heavy atom. The van der Waals surface area contributed by atoms with Crippen molar-refractivity contribution in [2.75, 3.05) is 4.90 Å². The zero-order valence-corrected chi connectivity index (χ0v) is 28.6. The minimum absolute atomic E-state index is 0.986. The lowest BCUT2D eigenvalue weighted by Gasteiger charge is -2.26. The van der Waals surface area contributed by atoms with Gasteiger partial charge in [-0.2, -0.15) is 0 Å². The molecule has 2 heteroatoms. The number of anilines is 2. The summed E-state index contributed by atoms with van der Waals surface area (Å²) in [6.07, 6.45) is 8.38. The molecule has 2 nitrogen and oxygen atoms in total. The fourth-order valence-electron chi connectivity index (χ4n) is 8.18. The predicted molar refractivity (Wildman–Crippen MR) is 223 cm³/mol. The second-order valence-corrected chi connectivity index (χ2v) is 13.4. The summed E-state index contributed by atoms with van der Waals surface area (Å²) >= 11 is 0. The first kappa shape index (κ1) is 30.0. The third-order valence-corrected chi connectivity index (χ3v) is 10.5. The quantitative estimate of drug-likeness (QED) is 0.170. The number of fused-ring (bicyclic) bond motifs is 6. The van der Waals surface area contributed by atoms with Crippen LogP contribution in [0.1, 0.15) is 5.56 Å². The number of benzene rings is 8. The Balaban J connectivity index is 1.24. The fourth-order valence-corrected chi connectivity index (χ4v) is 8.18. The maximum Gasteiger partial charge on any atom is 0.0547 e. The van der Waals surface area contributed by atoms with Crippen LogP contribution < -0.4 is 4.90 Å². The maximum absolute atomic E-state index is 4.44. The van der Waals surface area contributed by atoms with Crippen LogP contribution in [0.4, 0.5) is 11.4 Å². The van der Waals surface area contributed by atoms with Crippen LogP contribution in [0.15, 0.2) is 201 Å². The largest absolute Gasteiger partial charge is 0.317 e. The van der Waals surface area contributed by atoms with Crippen molar-refractivity contribution < 1.29 is 0 Å². The van der Waals surface area contributed by atoms with Gasteiger partial charge in [0.1, 0.15) is 0 Å². The van der Waals surface area contributed by atoms with E-state index in [1.165, 1.54) is 65.6 Å². The molecule has 2 heterocycles. The summed E-state index contributed by atoms with van der Waals surface area (Å²) in [7, 11) is 0. The van der Waals surface area contributed by atoms with Gasteiger partial charge in [-0.15, -0.1) is 0 Å². The number of rotatable bonds is 4. The smallest absolute Gasteiger partial charge is 0.0547 e. The van der Waals surface area contributed by atoms with Gasteiger partial charge in [0.2, 0.25) is 0 Å². The number of hydrogen-bond donors (Lipinski definition) is 0. The molecule has 0 saturated heterocycles. The minimum Gasteiger partial charge on any atom is -0.317 e. The van der Waals surface area contributed by atoms with Crippen molar-refractivity contribution in [3.8, 4) is 27.9 Å². The summed E-state index contributed by atoms with van der Waals surface area (Å²) in [6, 6.07) is 61.7. The number of aromatic nitrogens is 1. The van der Waals surface area contributed by atoms with E-state index >= 15 is 0 Å². The third kappa shape index (κ3) is 4.73. The summed E-state index contributed by atoms with van der Waals surface area (Å²) in [5.74, 6) is 0. The van der Waals surface area contributed by atoms with E-state index < -0.39 is 0 Å². The summed E-state index contributed by atoms with van der Waals surface area (Å²) in [5, 5.41) is 7.43. The molecular weight excluding hydrogens is 629 g/mol. The number of hydrogen-bond acceptors (Lipinski definition) is 1. The summed E-state index contributed by atoms with van der Waals surface area (Å²) in [6.45, 7) is 4.44. The van der Waals surface area contributed by atoms with Crippen LogP contribution in [-0.4, -0.2) is 4.57 Å². The van der Waals surface area contributed by atoms with Crippen LogP contribution in [0.3, 0.4) is 0 Å². The zero-order chi connectivity index (χ0) is 34.6. The predicted octanol–water partition coefficient (Wildman–Crippen LogP) is 13.7. The van der Waals surface area contributed by atoms with Gasteiger partial charge in [-0.25, -0.2) is 0 Å². The molecule has 9 aromatic rings. The Bertz CT molecular complexity index is 2850. The van der Waals surface area contributed by atoms with Crippen molar-refractivity contribution >= 4 is 60.3 Å². The standard InChI is InChI=1S/C50H34N2/c1-34-16-14-15-31-51(37-17-4-2-5-18-37)47-32-35(27-29-39(34)47)49-42-22-8-10-24-44(42)50(45-25-11-9-23-43(45)49)36-28-30-41-40-21-12-13-26-46(40)52(48(41)33-36)38-19-6-3-7-20-38/h2-33H,1H2/b16-14-,31-15-. The maximum atomic E-state index is 4.44. The van der Waals surface area contributed by atoms with E-state index in [1.54, 1.807) is 0 Å². The monoisotopic (exact) mass is 662 g/mol. The van der Waals surface area contributed by atoms with Crippen molar-refractivity contribution in [2.45, 2.75) is 0 Å². The summed E-state index contributed by atoms with van der Waals surface area (Å²) in [4.78, 5) is 2.27. The Labute approximate surface area is 303 Å². The average Bonchev–Trinajstić information content (AvgIpc) is 3.53. The Morgan fingerprint density at radius 2 is 0.923 bits per heavy atom. The molecule has 1 aliphatic heterocycles. The number of para-hydroxylation sites is 3. The van der Waals surface area contributed by atoms with Gasteiger partial charge in [0.15, 0.2) is 0 Å². The van der Waals surface area contributed by atoms with Crippen molar-refractivity contribution in [1.82, 2.24) is 4.57 Å². The van der Waals surface area contributed by atoms with E-state index in [4.69, 9.17) is 0 Å². The van der Waals surface area contributed by atoms with Crippen LogP contribution in [0.5, 0.6) is 0 Å². The van der Waals surface area contributed by atoms with E-state index in [1.807, 2.05) is 0 Å². The lowest BCUT2D eigenvalue weighted by Crippen LogP contribution is -2.11. The highest BCUT2D eigenvalue weighted by molar-refractivity contribution is 6.22. The van der Waals surface area contributed by atoms with Crippen LogP contribution >= 0.6 is 0 Å². The molecule has 0 fully saturated rings. The van der Waals surface area contributed by atoms with Crippen molar-refractivity contribution in [3.05, 3.63) is 206 Å². The van der Waals surface area contributed by atoms with Crippen LogP contribution in [-0.2, 0) is 0 Å². The average molecular weight is 663 g/mol. The van der Waals surface area contributed by atoms with Crippen molar-refractivity contribution in [3.63, 3.8) is 0 Å². The first-order chi connectivity index (χ1) is 25.7. The SMILES string of the molecule is C=C1/C=C\C=C/N(c2ccccc2)c2cc(-c3c4ccccc4c(-c4ccc5c6ccccc6n(-c6ccccc6)c5c4)c4ccccc34)ccc21. The molecule has 0 aliphatic carbocycles. The molecule has 8 aromatic carbocycles. The van der Waals surface area contributed by atoms with Crippen molar-refractivity contribution in [2.24, 2.45) is 0 Å². The molecule has 52 heavy (non-hydrogen) atoms. The molecule has 0 saturated carbocycles. The van der Waals surface area contributed by atoms with Crippen molar-refractivity contribution in [1.29, 1.82) is 0 Å². The molecule has 0 spiro atoms. The molecular formula is C50H34N2. The second-order valence-electron chi connectivity index (χ2n) is 13.4. The first-order valence-electron chi connectivity index (χ1n) is 17.8. The molecule has 1 aromatic heterocycles. The van der Waals surface area contributed by atoms with Gasteiger partial charge in [-0.1, -0.05) is 146 Å². The first-order valence-corrected chi connectivity index (χ1v) is 17.8. The van der Waals surface area contributed by atoms with E-state index in [0.29, 0.717) is 0 Å². The second kappa shape index (κ2) is 12.2. The Hall–Kier alpha value is -6.90. The molecule has 10 rings (SSSR count). The van der Waals surface area contributed by atoms with E-state index in [9.17, 15) is 0 Å². The highest BCUT2D eigenvalue weighted by atomic mass is 15.1. The van der Waals surface area contributed by atoms with Gasteiger partial charge >= 0.3 is 0 Å². The lowest BCUT2D eigenvalue weighted by molar-refractivity contribution is 1.18. The van der Waals surface area contributed by atoms with Gasteiger partial charge in [-0.05, 0) is 97.9 Å². The molecule has 0 radical (unpaired) electrons. The Morgan fingerprint density at radius 3 is 1.58 bits per heavy atom. The minimum atomic E-state index is 0.986. The van der Waals surface area contributed by atoms with E-state index in [0.717, 1.165) is 28.2 Å². The molecule has 0 unspecified atom stereocenters. The van der Waals surface area contributed by atoms with Gasteiger partial charge in [-0.3, -0.25) is 0 Å². The Kier molecular flexibility index (Phi) is 7.00. The molecule has 0 atom stereocenters. The van der Waals surface area contributed by atoms with E-state index in [-0.39, 0.29) is 0 Å². The van der Waals surface area contributed by atoms with Crippen LogP contribution in [0.2, 0.25) is 0 Å². The van der Waals surface area contributed by atoms with E-state index in [2.05, 4.69) is 210 Å². The normalized spacial score (nSPS) is 14.1. The number of allylic oxidation sites excluding steroid dienone is 4. The highest BCUT2D eigenvalue weighted by Gasteiger charge is 2.21. The molecule has 0 bridgehead atoms. The van der Waals surface area contributed by atoms with Gasteiger partial charge in [0.05, 0.1) is 16.7 Å². The summed E-state index contributed by atoms with van der Waals surface area (Å²) < 4.78 is 2.40. The topological polar surface area (TPSA) is 8.17 Å². The van der Waals surface area contributed by atoms with Crippen LogP contribution in [0.25, 0.3) is 76.9 Å². The van der Waals surface area contributed by atoms with Crippen LogP contribution in [0, 0.1) is 0 Å². The lowest BCUT2D eigenvalue weighted by atomic mass is 9.85.